The predicted octanol–water partition coefficient (Wildman–Crippen LogP) is 1.48. The topological polar surface area (TPSA) is 179 Å². The lowest BCUT2D eigenvalue weighted by Gasteiger charge is -2.10. The van der Waals surface area contributed by atoms with Gasteiger partial charge in [-0.05, 0) is 54.4 Å². The number of esters is 1. The molecule has 0 fully saturated rings. The third-order valence-corrected chi connectivity index (χ3v) is 7.10. The lowest BCUT2D eigenvalue weighted by atomic mass is 10.1. The summed E-state index contributed by atoms with van der Waals surface area (Å²) in [5.41, 5.74) is 1.08. The van der Waals surface area contributed by atoms with Gasteiger partial charge >= 0.3 is 5.97 Å². The summed E-state index contributed by atoms with van der Waals surface area (Å²) in [7, 11) is -1.22. The minimum Gasteiger partial charge on any atom is -0.493 e. The number of ether oxygens (including phenoxy) is 3. The molecule has 3 aromatic rings. The molecule has 13 nitrogen and oxygen atoms in total. The molecule has 14 heteroatoms. The number of rotatable bonds is 13. The molecular weight excluding hydrogens is 568 g/mol. The third-order valence-electron chi connectivity index (χ3n) is 5.76. The van der Waals surface area contributed by atoms with Crippen LogP contribution in [0.25, 0.3) is 0 Å². The summed E-state index contributed by atoms with van der Waals surface area (Å²) in [4.78, 5) is 51.6. The first kappa shape index (κ1) is 31.5. The third kappa shape index (κ3) is 8.76. The molecule has 0 unspecified atom stereocenters. The lowest BCUT2D eigenvalue weighted by molar-refractivity contribution is -0.140. The molecule has 42 heavy (non-hydrogen) atoms. The maximum atomic E-state index is 12.7. The number of pyridine rings is 1. The van der Waals surface area contributed by atoms with Gasteiger partial charge in [0.2, 0.25) is 0 Å². The molecule has 3 rings (SSSR count). The first-order chi connectivity index (χ1) is 20.0. The van der Waals surface area contributed by atoms with Gasteiger partial charge < -0.3 is 24.8 Å². The average molecular weight is 599 g/mol. The van der Waals surface area contributed by atoms with Crippen molar-refractivity contribution in [1.29, 1.82) is 0 Å². The molecule has 0 atom stereocenters. The van der Waals surface area contributed by atoms with Crippen LogP contribution in [-0.2, 0) is 26.0 Å². The number of benzene rings is 2. The van der Waals surface area contributed by atoms with E-state index in [0.29, 0.717) is 30.0 Å². The SMILES string of the molecule is COc1ccc(C(=O)NCCc2ccc(S(=O)(=O)NC(=O)c3ccc(C(=O)NCCOC(C)=O)nc3)cc2)cc1OC. The fourth-order valence-corrected chi connectivity index (χ4v) is 4.56. The van der Waals surface area contributed by atoms with Gasteiger partial charge in [0.25, 0.3) is 27.7 Å². The standard InChI is InChI=1S/C28H30N4O9S/c1-18(33)41-15-14-30-28(36)23-10-6-21(17-31-23)27(35)32-42(37,38)22-8-4-19(5-9-22)12-13-29-26(34)20-7-11-24(39-2)25(16-20)40-3/h4-11,16-17H,12-15H2,1-3H3,(H,29,34)(H,30,36)(H,32,35). The van der Waals surface area contributed by atoms with Gasteiger partial charge in [0, 0.05) is 25.2 Å². The summed E-state index contributed by atoms with van der Waals surface area (Å²) in [5.74, 6) is -1.32. The highest BCUT2D eigenvalue weighted by atomic mass is 32.2. The van der Waals surface area contributed by atoms with Crippen LogP contribution in [0.4, 0.5) is 0 Å². The van der Waals surface area contributed by atoms with Crippen molar-refractivity contribution in [3.05, 3.63) is 83.2 Å². The molecule has 1 heterocycles. The van der Waals surface area contributed by atoms with Gasteiger partial charge in [-0.3, -0.25) is 24.2 Å². The minimum atomic E-state index is -4.20. The van der Waals surface area contributed by atoms with Crippen molar-refractivity contribution in [2.75, 3.05) is 33.9 Å². The molecule has 0 saturated carbocycles. The van der Waals surface area contributed by atoms with Crippen molar-refractivity contribution >= 4 is 33.7 Å². The normalized spacial score (nSPS) is 10.7. The van der Waals surface area contributed by atoms with Crippen LogP contribution in [0.15, 0.2) is 65.7 Å². The zero-order chi connectivity index (χ0) is 30.7. The molecule has 0 aliphatic carbocycles. The van der Waals surface area contributed by atoms with Gasteiger partial charge in [-0.25, -0.2) is 13.1 Å². The van der Waals surface area contributed by atoms with Gasteiger partial charge in [-0.1, -0.05) is 12.1 Å². The molecule has 0 spiro atoms. The number of nitrogens with zero attached hydrogens (tertiary/aromatic N) is 1. The molecular formula is C28H30N4O9S. The number of hydrogen-bond donors (Lipinski definition) is 3. The van der Waals surface area contributed by atoms with Gasteiger partial charge in [0.15, 0.2) is 11.5 Å². The number of sulfonamides is 1. The molecule has 0 saturated heterocycles. The van der Waals surface area contributed by atoms with E-state index in [-0.39, 0.29) is 35.2 Å². The predicted molar refractivity (Wildman–Crippen MR) is 150 cm³/mol. The van der Waals surface area contributed by atoms with Gasteiger partial charge in [0.1, 0.15) is 12.3 Å². The van der Waals surface area contributed by atoms with E-state index in [4.69, 9.17) is 14.2 Å². The van der Waals surface area contributed by atoms with Crippen molar-refractivity contribution in [2.45, 2.75) is 18.2 Å². The summed E-state index contributed by atoms with van der Waals surface area (Å²) < 4.78 is 42.5. The molecule has 0 aliphatic rings. The van der Waals surface area contributed by atoms with E-state index in [1.54, 1.807) is 30.3 Å². The summed E-state index contributed by atoms with van der Waals surface area (Å²) in [6.45, 7) is 1.62. The quantitative estimate of drug-likeness (QED) is 0.193. The van der Waals surface area contributed by atoms with E-state index < -0.39 is 27.8 Å². The zero-order valence-corrected chi connectivity index (χ0v) is 23.9. The Bertz CT molecular complexity index is 1540. The second-order valence-electron chi connectivity index (χ2n) is 8.68. The second-order valence-corrected chi connectivity index (χ2v) is 10.4. The number of amides is 3. The van der Waals surface area contributed by atoms with Crippen LogP contribution in [0, 0.1) is 0 Å². The Morgan fingerprint density at radius 1 is 0.786 bits per heavy atom. The Labute approximate surface area is 242 Å². The zero-order valence-electron chi connectivity index (χ0n) is 23.1. The Morgan fingerprint density at radius 2 is 1.45 bits per heavy atom. The van der Waals surface area contributed by atoms with Crippen LogP contribution in [0.1, 0.15) is 43.7 Å². The molecule has 1 aromatic heterocycles. The molecule has 0 radical (unpaired) electrons. The van der Waals surface area contributed by atoms with Gasteiger partial charge in [-0.15, -0.1) is 0 Å². The summed E-state index contributed by atoms with van der Waals surface area (Å²) in [5, 5.41) is 5.29. The molecule has 222 valence electrons. The van der Waals surface area contributed by atoms with E-state index in [1.165, 1.54) is 45.4 Å². The van der Waals surface area contributed by atoms with E-state index in [2.05, 4.69) is 15.6 Å². The number of aromatic nitrogens is 1. The smallest absolute Gasteiger partial charge is 0.302 e. The fourth-order valence-electron chi connectivity index (χ4n) is 3.59. The van der Waals surface area contributed by atoms with Gasteiger partial charge in [-0.2, -0.15) is 0 Å². The largest absolute Gasteiger partial charge is 0.493 e. The molecule has 2 aromatic carbocycles. The minimum absolute atomic E-state index is 0.00242. The molecule has 3 N–H and O–H groups in total. The maximum absolute atomic E-state index is 12.7. The highest BCUT2D eigenvalue weighted by Crippen LogP contribution is 2.27. The summed E-state index contributed by atoms with van der Waals surface area (Å²) >= 11 is 0. The van der Waals surface area contributed by atoms with Crippen LogP contribution >= 0.6 is 0 Å². The van der Waals surface area contributed by atoms with Crippen LogP contribution < -0.4 is 24.8 Å². The number of hydrogen-bond acceptors (Lipinski definition) is 10. The number of carbonyl (C=O) groups is 4. The van der Waals surface area contributed by atoms with Crippen molar-refractivity contribution in [2.24, 2.45) is 0 Å². The Kier molecular flexibility index (Phi) is 11.0. The highest BCUT2D eigenvalue weighted by molar-refractivity contribution is 7.90. The molecule has 0 bridgehead atoms. The lowest BCUT2D eigenvalue weighted by Crippen LogP contribution is -2.31. The first-order valence-corrected chi connectivity index (χ1v) is 14.1. The van der Waals surface area contributed by atoms with Crippen molar-refractivity contribution in [1.82, 2.24) is 20.3 Å². The van der Waals surface area contributed by atoms with Crippen LogP contribution in [-0.4, -0.2) is 71.0 Å². The summed E-state index contributed by atoms with van der Waals surface area (Å²) in [6, 6.07) is 13.2. The number of nitrogens with one attached hydrogen (secondary N) is 3. The van der Waals surface area contributed by atoms with E-state index >= 15 is 0 Å². The Hall–Kier alpha value is -4.98. The molecule has 3 amide bonds. The van der Waals surface area contributed by atoms with E-state index in [1.807, 2.05) is 4.72 Å². The van der Waals surface area contributed by atoms with Crippen molar-refractivity contribution in [3.63, 3.8) is 0 Å². The Morgan fingerprint density at radius 3 is 2.07 bits per heavy atom. The van der Waals surface area contributed by atoms with Crippen molar-refractivity contribution in [3.8, 4) is 11.5 Å². The highest BCUT2D eigenvalue weighted by Gasteiger charge is 2.20. The number of carbonyl (C=O) groups excluding carboxylic acids is 4. The first-order valence-electron chi connectivity index (χ1n) is 12.6. The Balaban J connectivity index is 1.51. The van der Waals surface area contributed by atoms with Crippen LogP contribution in [0.5, 0.6) is 11.5 Å². The van der Waals surface area contributed by atoms with E-state index in [0.717, 1.165) is 11.8 Å². The average Bonchev–Trinajstić information content (AvgIpc) is 2.98. The second kappa shape index (κ2) is 14.6. The monoisotopic (exact) mass is 598 g/mol. The maximum Gasteiger partial charge on any atom is 0.302 e. The van der Waals surface area contributed by atoms with Gasteiger partial charge in [0.05, 0.1) is 31.2 Å². The fraction of sp³-hybridized carbons (Fsp3) is 0.250. The van der Waals surface area contributed by atoms with Crippen LogP contribution in [0.2, 0.25) is 0 Å². The van der Waals surface area contributed by atoms with Crippen molar-refractivity contribution < 1.29 is 41.8 Å². The number of methoxy groups -OCH3 is 2. The van der Waals surface area contributed by atoms with E-state index in [9.17, 15) is 27.6 Å². The van der Waals surface area contributed by atoms with Crippen LogP contribution in [0.3, 0.4) is 0 Å². The summed E-state index contributed by atoms with van der Waals surface area (Å²) in [6.07, 6.45) is 1.51. The molecule has 0 aliphatic heterocycles.